The molecule has 106 valence electrons. The van der Waals surface area contributed by atoms with E-state index in [9.17, 15) is 5.11 Å². The predicted molar refractivity (Wildman–Crippen MR) is 81.9 cm³/mol. The Morgan fingerprint density at radius 3 is 2.95 bits per heavy atom. The Labute approximate surface area is 121 Å². The summed E-state index contributed by atoms with van der Waals surface area (Å²) < 4.78 is 0. The maximum Gasteiger partial charge on any atom is 0.115 e. The van der Waals surface area contributed by atoms with Gasteiger partial charge in [-0.05, 0) is 85.5 Å². The van der Waals surface area contributed by atoms with Crippen molar-refractivity contribution in [1.82, 2.24) is 0 Å². The summed E-state index contributed by atoms with van der Waals surface area (Å²) in [7, 11) is 0. The lowest BCUT2D eigenvalue weighted by Gasteiger charge is -2.50. The van der Waals surface area contributed by atoms with Crippen LogP contribution in [-0.2, 0) is 6.42 Å². The minimum Gasteiger partial charge on any atom is -0.508 e. The highest BCUT2D eigenvalue weighted by Gasteiger charge is 2.50. The minimum atomic E-state index is 0.432. The molecule has 20 heavy (non-hydrogen) atoms. The summed E-state index contributed by atoms with van der Waals surface area (Å²) in [5.74, 6) is 2.86. The van der Waals surface area contributed by atoms with E-state index in [1.54, 1.807) is 5.57 Å². The van der Waals surface area contributed by atoms with Gasteiger partial charge in [0.1, 0.15) is 5.75 Å². The SMILES string of the molecule is CC1=CCC2C3CCc4cc(O)ccc4C3CCC12C. The van der Waals surface area contributed by atoms with Crippen LogP contribution in [0.5, 0.6) is 5.75 Å². The standard InChI is InChI=1S/C19H24O/c1-12-3-8-18-17-6-4-13-11-14(20)5-7-15(13)16(17)9-10-19(12,18)2/h3,5,7,11,16-18,20H,4,6,8-10H2,1-2H3. The molecule has 3 aliphatic rings. The lowest BCUT2D eigenvalue weighted by molar-refractivity contribution is 0.0753. The van der Waals surface area contributed by atoms with Gasteiger partial charge in [0.25, 0.3) is 0 Å². The van der Waals surface area contributed by atoms with Crippen molar-refractivity contribution in [2.24, 2.45) is 17.3 Å². The van der Waals surface area contributed by atoms with Crippen molar-refractivity contribution in [3.05, 3.63) is 41.0 Å². The van der Waals surface area contributed by atoms with E-state index in [1.807, 2.05) is 12.1 Å². The number of benzene rings is 1. The van der Waals surface area contributed by atoms with Crippen LogP contribution in [0.15, 0.2) is 29.8 Å². The monoisotopic (exact) mass is 268 g/mol. The molecule has 4 atom stereocenters. The molecule has 4 unspecified atom stereocenters. The third-order valence-electron chi connectivity index (χ3n) is 6.68. The van der Waals surface area contributed by atoms with E-state index in [1.165, 1.54) is 36.8 Å². The lowest BCUT2D eigenvalue weighted by atomic mass is 9.54. The number of phenols is 1. The highest BCUT2D eigenvalue weighted by atomic mass is 16.3. The van der Waals surface area contributed by atoms with Gasteiger partial charge in [-0.1, -0.05) is 24.6 Å². The summed E-state index contributed by atoms with van der Waals surface area (Å²) in [6.45, 7) is 4.84. The van der Waals surface area contributed by atoms with Crippen LogP contribution in [0.1, 0.15) is 56.6 Å². The smallest absolute Gasteiger partial charge is 0.115 e. The average molecular weight is 268 g/mol. The average Bonchev–Trinajstić information content (AvgIpc) is 2.74. The van der Waals surface area contributed by atoms with Crippen LogP contribution < -0.4 is 0 Å². The molecule has 0 radical (unpaired) electrons. The fourth-order valence-electron chi connectivity index (χ4n) is 5.35. The second-order valence-electron chi connectivity index (χ2n) is 7.38. The van der Waals surface area contributed by atoms with Gasteiger partial charge >= 0.3 is 0 Å². The molecule has 1 aromatic rings. The fraction of sp³-hybridized carbons (Fsp3) is 0.579. The van der Waals surface area contributed by atoms with Crippen LogP contribution in [0.2, 0.25) is 0 Å². The van der Waals surface area contributed by atoms with Crippen molar-refractivity contribution in [3.63, 3.8) is 0 Å². The van der Waals surface area contributed by atoms with E-state index in [-0.39, 0.29) is 0 Å². The van der Waals surface area contributed by atoms with Crippen LogP contribution in [0.4, 0.5) is 0 Å². The molecule has 1 saturated carbocycles. The third kappa shape index (κ3) is 1.55. The third-order valence-corrected chi connectivity index (χ3v) is 6.68. The quantitative estimate of drug-likeness (QED) is 0.670. The van der Waals surface area contributed by atoms with Gasteiger partial charge in [0.05, 0.1) is 0 Å². The first-order valence-corrected chi connectivity index (χ1v) is 8.08. The molecular weight excluding hydrogens is 244 g/mol. The molecule has 1 N–H and O–H groups in total. The second kappa shape index (κ2) is 4.13. The number of fused-ring (bicyclic) bond motifs is 5. The van der Waals surface area contributed by atoms with Crippen LogP contribution >= 0.6 is 0 Å². The molecule has 0 aliphatic heterocycles. The number of aromatic hydroxyl groups is 1. The lowest BCUT2D eigenvalue weighted by Crippen LogP contribution is -2.40. The first kappa shape index (κ1) is 12.5. The zero-order valence-electron chi connectivity index (χ0n) is 12.5. The van der Waals surface area contributed by atoms with Crippen LogP contribution in [0.25, 0.3) is 0 Å². The number of rotatable bonds is 0. The summed E-state index contributed by atoms with van der Waals surface area (Å²) in [5, 5.41) is 9.70. The zero-order valence-corrected chi connectivity index (χ0v) is 12.5. The Bertz CT molecular complexity index is 585. The van der Waals surface area contributed by atoms with Crippen molar-refractivity contribution in [2.45, 2.75) is 51.9 Å². The van der Waals surface area contributed by atoms with Crippen molar-refractivity contribution in [3.8, 4) is 5.75 Å². The number of aryl methyl sites for hydroxylation is 1. The van der Waals surface area contributed by atoms with Gasteiger partial charge in [0, 0.05) is 0 Å². The molecule has 0 aromatic heterocycles. The molecule has 4 rings (SSSR count). The van der Waals surface area contributed by atoms with E-state index in [4.69, 9.17) is 0 Å². The molecule has 0 amide bonds. The maximum absolute atomic E-state index is 9.70. The highest BCUT2D eigenvalue weighted by molar-refractivity contribution is 5.40. The topological polar surface area (TPSA) is 20.2 Å². The first-order valence-electron chi connectivity index (χ1n) is 8.08. The first-order chi connectivity index (χ1) is 9.59. The van der Waals surface area contributed by atoms with E-state index >= 15 is 0 Å². The van der Waals surface area contributed by atoms with Crippen LogP contribution in [0, 0.1) is 17.3 Å². The molecule has 0 heterocycles. The Morgan fingerprint density at radius 2 is 2.10 bits per heavy atom. The summed E-state index contributed by atoms with van der Waals surface area (Å²) in [4.78, 5) is 0. The van der Waals surface area contributed by atoms with E-state index in [0.29, 0.717) is 11.2 Å². The number of hydrogen-bond donors (Lipinski definition) is 1. The Hall–Kier alpha value is -1.24. The van der Waals surface area contributed by atoms with Gasteiger partial charge in [0.15, 0.2) is 0 Å². The summed E-state index contributed by atoms with van der Waals surface area (Å²) in [6.07, 6.45) is 8.90. The van der Waals surface area contributed by atoms with Crippen molar-refractivity contribution in [2.75, 3.05) is 0 Å². The molecule has 1 aromatic carbocycles. The number of phenolic OH excluding ortho intramolecular Hbond substituents is 1. The molecular formula is C19H24O. The Kier molecular flexibility index (Phi) is 2.58. The molecule has 3 aliphatic carbocycles. The van der Waals surface area contributed by atoms with Gasteiger partial charge < -0.3 is 5.11 Å². The largest absolute Gasteiger partial charge is 0.508 e. The Morgan fingerprint density at radius 1 is 1.25 bits per heavy atom. The highest BCUT2D eigenvalue weighted by Crippen LogP contribution is 2.60. The van der Waals surface area contributed by atoms with Gasteiger partial charge in [-0.25, -0.2) is 0 Å². The molecule has 1 fully saturated rings. The zero-order chi connectivity index (χ0) is 13.9. The molecule has 1 heteroatoms. The fourth-order valence-corrected chi connectivity index (χ4v) is 5.35. The molecule has 0 bridgehead atoms. The minimum absolute atomic E-state index is 0.432. The van der Waals surface area contributed by atoms with E-state index < -0.39 is 0 Å². The van der Waals surface area contributed by atoms with Gasteiger partial charge in [-0.15, -0.1) is 0 Å². The van der Waals surface area contributed by atoms with E-state index in [0.717, 1.165) is 24.2 Å². The summed E-state index contributed by atoms with van der Waals surface area (Å²) >= 11 is 0. The van der Waals surface area contributed by atoms with Crippen LogP contribution in [-0.4, -0.2) is 5.11 Å². The van der Waals surface area contributed by atoms with Crippen molar-refractivity contribution >= 4 is 0 Å². The van der Waals surface area contributed by atoms with Crippen LogP contribution in [0.3, 0.4) is 0 Å². The van der Waals surface area contributed by atoms with Crippen molar-refractivity contribution in [1.29, 1.82) is 0 Å². The maximum atomic E-state index is 9.70. The summed E-state index contributed by atoms with van der Waals surface area (Å²) in [6, 6.07) is 6.07. The molecule has 0 spiro atoms. The van der Waals surface area contributed by atoms with Gasteiger partial charge in [-0.3, -0.25) is 0 Å². The van der Waals surface area contributed by atoms with Gasteiger partial charge in [0.2, 0.25) is 0 Å². The predicted octanol–water partition coefficient (Wildman–Crippen LogP) is 4.80. The molecule has 0 saturated heterocycles. The van der Waals surface area contributed by atoms with Crippen molar-refractivity contribution < 1.29 is 5.11 Å². The van der Waals surface area contributed by atoms with Gasteiger partial charge in [-0.2, -0.15) is 0 Å². The summed E-state index contributed by atoms with van der Waals surface area (Å²) in [5.41, 5.74) is 5.04. The number of allylic oxidation sites excluding steroid dienone is 2. The second-order valence-corrected chi connectivity index (χ2v) is 7.38. The normalized spacial score (nSPS) is 38.7. The Balaban J connectivity index is 1.72. The number of hydrogen-bond acceptors (Lipinski definition) is 1. The molecule has 1 nitrogen and oxygen atoms in total. The van der Waals surface area contributed by atoms with E-state index in [2.05, 4.69) is 26.0 Å².